The molecule has 0 spiro atoms. The van der Waals surface area contributed by atoms with E-state index in [4.69, 9.17) is 51.0 Å². The van der Waals surface area contributed by atoms with E-state index in [1.807, 2.05) is 5.32 Å². The number of hydrogen-bond donors (Lipinski definition) is 24. The quantitative estimate of drug-likeness (QED) is 0.0164. The lowest BCUT2D eigenvalue weighted by molar-refractivity contribution is -0.147. The Balaban J connectivity index is 3.31. The minimum Gasteiger partial charge on any atom is -0.508 e. The number of aromatic hydroxyl groups is 1. The van der Waals surface area contributed by atoms with Crippen LogP contribution in [0.2, 0.25) is 0 Å². The fourth-order valence-electron chi connectivity index (χ4n) is 8.63. The van der Waals surface area contributed by atoms with Gasteiger partial charge in [0.25, 0.3) is 0 Å². The molecule has 17 amide bonds. The zero-order chi connectivity index (χ0) is 76.8. The van der Waals surface area contributed by atoms with E-state index >= 15 is 0 Å². The van der Waals surface area contributed by atoms with Gasteiger partial charge in [0.15, 0.2) is 5.96 Å². The third kappa shape index (κ3) is 36.9. The number of amides is 17. The smallest absolute Gasteiger partial charge is 0.326 e. The number of aliphatic imine (C=N–C) groups is 1. The van der Waals surface area contributed by atoms with Gasteiger partial charge in [-0.25, -0.2) is 4.79 Å². The molecule has 1 rings (SSSR count). The van der Waals surface area contributed by atoms with Crippen molar-refractivity contribution in [3.63, 3.8) is 0 Å². The molecule has 0 saturated carbocycles. The number of primary amides is 5. The molecule has 560 valence electrons. The van der Waals surface area contributed by atoms with Crippen LogP contribution in [0.15, 0.2) is 29.3 Å². The molecule has 0 radical (unpaired) electrons. The Hall–Kier alpha value is -11.9. The summed E-state index contributed by atoms with van der Waals surface area (Å²) in [5.41, 5.74) is 43.9. The topological polar surface area (TPSA) is 770 Å². The van der Waals surface area contributed by atoms with Crippen molar-refractivity contribution >= 4 is 118 Å². The van der Waals surface area contributed by atoms with Crippen molar-refractivity contribution in [2.45, 2.75) is 170 Å². The van der Waals surface area contributed by atoms with E-state index in [1.54, 1.807) is 0 Å². The molecule has 1 aromatic carbocycles. The van der Waals surface area contributed by atoms with Gasteiger partial charge in [-0.15, -0.1) is 0 Å². The summed E-state index contributed by atoms with van der Waals surface area (Å²) in [7, 11) is 0. The number of nitrogens with two attached hydrogens (primary N) is 8. The number of carboxylic acid groups (broad SMARTS) is 2. The Labute approximate surface area is 575 Å². The van der Waals surface area contributed by atoms with Gasteiger partial charge in [0, 0.05) is 38.6 Å². The first-order valence-corrected chi connectivity index (χ1v) is 30.9. The predicted molar refractivity (Wildman–Crippen MR) is 345 cm³/mol. The van der Waals surface area contributed by atoms with E-state index in [1.165, 1.54) is 24.3 Å². The van der Waals surface area contributed by atoms with Gasteiger partial charge >= 0.3 is 11.9 Å². The van der Waals surface area contributed by atoms with Gasteiger partial charge in [-0.2, -0.15) is 0 Å². The monoisotopic (exact) mass is 1440 g/mol. The van der Waals surface area contributed by atoms with Gasteiger partial charge in [0.1, 0.15) is 60.1 Å². The summed E-state index contributed by atoms with van der Waals surface area (Å²) in [4.78, 5) is 247. The molecule has 32 N–H and O–H groups in total. The van der Waals surface area contributed by atoms with Crippen LogP contribution in [0.4, 0.5) is 0 Å². The number of phenolic OH excluding ortho intramolecular Hbond substituents is 1. The maximum Gasteiger partial charge on any atom is 0.326 e. The number of nitrogens with zero attached hydrogens (tertiary/aromatic N) is 1. The summed E-state index contributed by atoms with van der Waals surface area (Å²) in [5, 5.41) is 64.7. The van der Waals surface area contributed by atoms with Crippen molar-refractivity contribution in [1.29, 1.82) is 0 Å². The Morgan fingerprint density at radius 3 is 1.15 bits per heavy atom. The molecule has 44 heteroatoms. The Morgan fingerprint density at radius 2 is 0.772 bits per heavy atom. The first-order chi connectivity index (χ1) is 47.2. The zero-order valence-corrected chi connectivity index (χ0v) is 55.0. The minimum absolute atomic E-state index is 0.0385. The standard InChI is InChI=1S/C57H89N21O23/c1-25(47(91)78-46(26(2)79)55(99)69-22-42(86)67-23-43(87)71-30(4-3-19-66-57(64)65)49(93)68-24-44(88)72-36(56(100)101)21-45(89)90)70-50(94)31(9-14-37(59)81)74-52(96)33(11-16-39(61)83)76-54(98)35(13-18-41(63)85)77-53(97)34(12-17-40(62)84)75-51(95)32(10-15-38(60)82)73-48(92)29(58)20-27-5-7-28(80)8-6-27/h5-8,25-26,29-36,46,79-80H,3-4,9-24,58H2,1-2H3,(H2,59,81)(H2,60,82)(H2,61,83)(H2,62,84)(H2,63,85)(H,67,86)(H,68,93)(H,69,99)(H,70,94)(H,71,87)(H,72,88)(H,73,92)(H,74,96)(H,75,95)(H,76,98)(H,77,97)(H,78,91)(H,89,90)(H,100,101)(H4,64,65,66)/t25-,26+,29-,30-,31-,32-,33-,34-,35-,36-,46-/m0/s1. The van der Waals surface area contributed by atoms with Crippen LogP contribution in [-0.4, -0.2) is 231 Å². The molecule has 0 aromatic heterocycles. The van der Waals surface area contributed by atoms with Crippen LogP contribution in [0.25, 0.3) is 0 Å². The van der Waals surface area contributed by atoms with E-state index in [2.05, 4.69) is 63.5 Å². The summed E-state index contributed by atoms with van der Waals surface area (Å²) < 4.78 is 0. The third-order valence-electron chi connectivity index (χ3n) is 14.0. The van der Waals surface area contributed by atoms with Crippen molar-refractivity contribution in [3.8, 4) is 5.75 Å². The number of phenols is 1. The molecule has 44 nitrogen and oxygen atoms in total. The van der Waals surface area contributed by atoms with Crippen LogP contribution in [0.3, 0.4) is 0 Å². The van der Waals surface area contributed by atoms with Crippen LogP contribution in [0, 0.1) is 0 Å². The van der Waals surface area contributed by atoms with Gasteiger partial charge in [-0.1, -0.05) is 12.1 Å². The first kappa shape index (κ1) is 87.2. The molecule has 0 aliphatic rings. The largest absolute Gasteiger partial charge is 0.508 e. The molecular formula is C57H89N21O23. The number of carbonyl (C=O) groups is 19. The number of rotatable bonds is 49. The molecule has 0 unspecified atom stereocenters. The predicted octanol–water partition coefficient (Wildman–Crippen LogP) is -12.7. The molecule has 1 aromatic rings. The zero-order valence-electron chi connectivity index (χ0n) is 55.0. The van der Waals surface area contributed by atoms with Crippen LogP contribution in [0.5, 0.6) is 5.75 Å². The van der Waals surface area contributed by atoms with Crippen molar-refractivity contribution in [2.75, 3.05) is 26.2 Å². The minimum atomic E-state index is -1.88. The number of benzene rings is 1. The lowest BCUT2D eigenvalue weighted by Crippen LogP contribution is -2.60. The van der Waals surface area contributed by atoms with Gasteiger partial charge in [0.05, 0.1) is 38.2 Å². The van der Waals surface area contributed by atoms with Crippen molar-refractivity contribution in [1.82, 2.24) is 63.8 Å². The summed E-state index contributed by atoms with van der Waals surface area (Å²) in [6.45, 7) is -0.558. The Bertz CT molecular complexity index is 3200. The van der Waals surface area contributed by atoms with E-state index in [0.717, 1.165) is 13.8 Å². The lowest BCUT2D eigenvalue weighted by atomic mass is 10.0. The average molecular weight is 1440 g/mol. The molecule has 0 saturated heterocycles. The van der Waals surface area contributed by atoms with E-state index in [0.29, 0.717) is 5.56 Å². The number of carbonyl (C=O) groups excluding carboxylic acids is 17. The number of aliphatic hydroxyl groups excluding tert-OH is 1. The second-order valence-electron chi connectivity index (χ2n) is 22.6. The van der Waals surface area contributed by atoms with Crippen molar-refractivity contribution in [3.05, 3.63) is 29.8 Å². The first-order valence-electron chi connectivity index (χ1n) is 30.9. The highest BCUT2D eigenvalue weighted by Gasteiger charge is 2.36. The van der Waals surface area contributed by atoms with Crippen LogP contribution < -0.4 is 110 Å². The molecule has 0 aliphatic carbocycles. The van der Waals surface area contributed by atoms with Gasteiger partial charge in [0.2, 0.25) is 100 Å². The molecule has 101 heavy (non-hydrogen) atoms. The van der Waals surface area contributed by atoms with E-state index in [9.17, 15) is 106 Å². The summed E-state index contributed by atoms with van der Waals surface area (Å²) in [5.74, 6) is -22.2. The summed E-state index contributed by atoms with van der Waals surface area (Å²) in [6, 6.07) is -11.5. The highest BCUT2D eigenvalue weighted by Crippen LogP contribution is 2.13. The number of guanidine groups is 1. The second-order valence-corrected chi connectivity index (χ2v) is 22.6. The van der Waals surface area contributed by atoms with Gasteiger partial charge < -0.3 is 130 Å². The molecular weight excluding hydrogens is 1350 g/mol. The van der Waals surface area contributed by atoms with Crippen molar-refractivity contribution in [2.24, 2.45) is 50.9 Å². The fraction of sp³-hybridized carbons (Fsp3) is 0.544. The number of nitrogens with one attached hydrogen (secondary N) is 12. The average Bonchev–Trinajstić information content (AvgIpc) is 0.863. The molecule has 0 heterocycles. The number of hydrogen-bond acceptors (Lipinski definition) is 23. The molecule has 0 bridgehead atoms. The van der Waals surface area contributed by atoms with E-state index in [-0.39, 0.29) is 37.5 Å². The maximum atomic E-state index is 14.1. The number of carboxylic acids is 2. The van der Waals surface area contributed by atoms with E-state index < -0.39 is 269 Å². The van der Waals surface area contributed by atoms with Crippen LogP contribution >= 0.6 is 0 Å². The van der Waals surface area contributed by atoms with Gasteiger partial charge in [-0.05, 0) is 82.9 Å². The highest BCUT2D eigenvalue weighted by molar-refractivity contribution is 6.00. The molecule has 0 aliphatic heterocycles. The van der Waals surface area contributed by atoms with Crippen LogP contribution in [0.1, 0.15) is 103 Å². The SMILES string of the molecule is C[C@H](NC(=O)[C@H](CCC(N)=O)NC(=O)[C@H](CCC(N)=O)NC(=O)[C@H](CCC(N)=O)NC(=O)[C@H](CCC(N)=O)NC(=O)[C@H](CCC(N)=O)NC(=O)[C@@H](N)Cc1ccc(O)cc1)C(=O)N[C@H](C(=O)NCC(=O)NCC(=O)N[C@@H](CCCN=C(N)N)C(=O)NCC(=O)N[C@@H](CC(=O)O)C(=O)O)[C@@H](C)O. The third-order valence-corrected chi connectivity index (χ3v) is 14.0. The molecule has 11 atom stereocenters. The summed E-state index contributed by atoms with van der Waals surface area (Å²) in [6.07, 6.45) is -8.82. The van der Waals surface area contributed by atoms with Crippen molar-refractivity contribution < 1.29 is 112 Å². The van der Waals surface area contributed by atoms with Crippen LogP contribution in [-0.2, 0) is 97.5 Å². The number of aliphatic carboxylic acids is 2. The fourth-order valence-corrected chi connectivity index (χ4v) is 8.63. The summed E-state index contributed by atoms with van der Waals surface area (Å²) >= 11 is 0. The maximum absolute atomic E-state index is 14.1. The highest BCUT2D eigenvalue weighted by atomic mass is 16.4. The Morgan fingerprint density at radius 1 is 0.416 bits per heavy atom. The normalized spacial score (nSPS) is 14.0. The van der Waals surface area contributed by atoms with Gasteiger partial charge in [-0.3, -0.25) is 91.3 Å². The lowest BCUT2D eigenvalue weighted by Gasteiger charge is -2.27. The molecule has 0 fully saturated rings. The second kappa shape index (κ2) is 44.9. The Kier molecular flexibility index (Phi) is 38.7. The number of aliphatic hydroxyl groups is 1.